The van der Waals surface area contributed by atoms with E-state index in [-0.39, 0.29) is 0 Å². The summed E-state index contributed by atoms with van der Waals surface area (Å²) in [7, 11) is 3.20. The predicted octanol–water partition coefficient (Wildman–Crippen LogP) is 1.32. The van der Waals surface area contributed by atoms with E-state index in [4.69, 9.17) is 9.16 Å². The Labute approximate surface area is 66.1 Å². The van der Waals surface area contributed by atoms with Crippen LogP contribution in [0.3, 0.4) is 0 Å². The van der Waals surface area contributed by atoms with Gasteiger partial charge in [0.25, 0.3) is 6.29 Å². The fourth-order valence-electron chi connectivity index (χ4n) is 0.804. The first-order valence-corrected chi connectivity index (χ1v) is 3.30. The summed E-state index contributed by atoms with van der Waals surface area (Å²) in [6.07, 6.45) is 2.70. The summed E-state index contributed by atoms with van der Waals surface area (Å²) in [4.78, 5) is 0. The number of hydrogen-bond donors (Lipinski definition) is 0. The van der Waals surface area contributed by atoms with Gasteiger partial charge in [-0.1, -0.05) is 5.56 Å². The molecule has 58 valence electrons. The van der Waals surface area contributed by atoms with Gasteiger partial charge in [-0.2, -0.15) is 6.07 Å². The van der Waals surface area contributed by atoms with Crippen molar-refractivity contribution < 1.29 is 9.16 Å². The molecule has 11 heavy (non-hydrogen) atoms. The first-order valence-electron chi connectivity index (χ1n) is 3.30. The van der Waals surface area contributed by atoms with Gasteiger partial charge in [-0.25, -0.2) is 0 Å². The Balaban J connectivity index is 2.91. The summed E-state index contributed by atoms with van der Waals surface area (Å²) in [6, 6.07) is 7.51. The molecular formula is C9H10O2. The smallest absolute Gasteiger partial charge is 0.290 e. The van der Waals surface area contributed by atoms with Gasteiger partial charge in [0.15, 0.2) is 0 Å². The zero-order valence-corrected chi connectivity index (χ0v) is 6.63. The maximum absolute atomic E-state index is 5.01. The highest BCUT2D eigenvalue weighted by atomic mass is 16.5. The van der Waals surface area contributed by atoms with Crippen molar-refractivity contribution in [1.29, 1.82) is 0 Å². The van der Waals surface area contributed by atoms with E-state index in [0.29, 0.717) is 0 Å². The Hall–Kier alpha value is -1.31. The van der Waals surface area contributed by atoms with E-state index >= 15 is 0 Å². The van der Waals surface area contributed by atoms with E-state index in [1.54, 1.807) is 14.2 Å². The Morgan fingerprint density at radius 3 is 2.91 bits per heavy atom. The van der Waals surface area contributed by atoms with E-state index in [1.165, 1.54) is 0 Å². The highest BCUT2D eigenvalue weighted by molar-refractivity contribution is 5.76. The first kappa shape index (κ1) is 7.79. The van der Waals surface area contributed by atoms with Gasteiger partial charge in [0.05, 0.1) is 12.9 Å². The van der Waals surface area contributed by atoms with Gasteiger partial charge in [-0.05, 0) is 6.07 Å². The molecule has 0 aliphatic heterocycles. The monoisotopic (exact) mass is 150 g/mol. The second-order valence-corrected chi connectivity index (χ2v) is 2.04. The topological polar surface area (TPSA) is 20.5 Å². The van der Waals surface area contributed by atoms with Crippen LogP contribution in [0.5, 0.6) is 5.75 Å². The highest BCUT2D eigenvalue weighted by Gasteiger charge is 1.87. The van der Waals surface area contributed by atoms with Crippen LogP contribution in [-0.4, -0.2) is 20.5 Å². The van der Waals surface area contributed by atoms with Crippen LogP contribution < -0.4 is 4.74 Å². The molecule has 0 spiro atoms. The third-order valence-electron chi connectivity index (χ3n) is 1.29. The van der Waals surface area contributed by atoms with Gasteiger partial charge >= 0.3 is 0 Å². The number of benzene rings is 1. The van der Waals surface area contributed by atoms with Gasteiger partial charge in [0, 0.05) is 0 Å². The molecule has 0 fully saturated rings. The molecule has 0 saturated carbocycles. The van der Waals surface area contributed by atoms with Crippen LogP contribution in [-0.2, 0) is 4.42 Å². The standard InChI is InChI=1S/C9H10O2/c1-10-7-8-4-3-5-9(6-8)11-2/h3-6H,1-2H3. The molecule has 0 aliphatic carbocycles. The number of rotatable bonds is 2. The minimum absolute atomic E-state index is 0.812. The molecule has 0 aromatic heterocycles. The average Bonchev–Trinajstić information content (AvgIpc) is 2.06. The molecule has 1 aromatic rings. The maximum atomic E-state index is 5.01. The van der Waals surface area contributed by atoms with Crippen molar-refractivity contribution >= 4 is 6.29 Å². The van der Waals surface area contributed by atoms with Crippen molar-refractivity contribution in [2.45, 2.75) is 0 Å². The number of methoxy groups -OCH3 is 1. The SMILES string of the molecule is COc1cccc([C-]=[O+]C)c1. The number of hydrogen-bond acceptors (Lipinski definition) is 1. The van der Waals surface area contributed by atoms with Crippen LogP contribution in [0, 0.1) is 0 Å². The van der Waals surface area contributed by atoms with Crippen molar-refractivity contribution in [1.82, 2.24) is 0 Å². The lowest BCUT2D eigenvalue weighted by Gasteiger charge is -2.02. The molecule has 2 nitrogen and oxygen atoms in total. The lowest BCUT2D eigenvalue weighted by molar-refractivity contribution is 0.185. The normalized spacial score (nSPS) is 10.4. The summed E-state index contributed by atoms with van der Waals surface area (Å²) in [6.45, 7) is 0. The van der Waals surface area contributed by atoms with E-state index in [1.807, 2.05) is 24.3 Å². The van der Waals surface area contributed by atoms with E-state index in [9.17, 15) is 0 Å². The van der Waals surface area contributed by atoms with Crippen molar-refractivity contribution in [2.24, 2.45) is 0 Å². The van der Waals surface area contributed by atoms with Crippen LogP contribution in [0.1, 0.15) is 5.56 Å². The summed E-state index contributed by atoms with van der Waals surface area (Å²) in [5, 5.41) is 0. The zero-order chi connectivity index (χ0) is 8.10. The molecule has 0 atom stereocenters. The van der Waals surface area contributed by atoms with Crippen LogP contribution in [0.15, 0.2) is 24.3 Å². The van der Waals surface area contributed by atoms with Crippen molar-refractivity contribution in [3.05, 3.63) is 29.8 Å². The lowest BCUT2D eigenvalue weighted by atomic mass is 10.2. The molecule has 0 amide bonds. The zero-order valence-electron chi connectivity index (χ0n) is 6.63. The molecular weight excluding hydrogens is 140 g/mol. The fourth-order valence-corrected chi connectivity index (χ4v) is 0.804. The van der Waals surface area contributed by atoms with Crippen LogP contribution in [0.2, 0.25) is 0 Å². The summed E-state index contributed by atoms with van der Waals surface area (Å²) in [5.41, 5.74) is 0.881. The second-order valence-electron chi connectivity index (χ2n) is 2.04. The average molecular weight is 150 g/mol. The Morgan fingerprint density at radius 1 is 1.45 bits per heavy atom. The van der Waals surface area contributed by atoms with Crippen LogP contribution in [0.25, 0.3) is 0 Å². The quantitative estimate of drug-likeness (QED) is 0.460. The van der Waals surface area contributed by atoms with E-state index in [2.05, 4.69) is 6.29 Å². The van der Waals surface area contributed by atoms with Gasteiger partial charge < -0.3 is 9.16 Å². The third-order valence-corrected chi connectivity index (χ3v) is 1.29. The minimum atomic E-state index is 0.812. The Bertz CT molecular complexity index is 253. The molecule has 1 aromatic carbocycles. The third kappa shape index (κ3) is 2.08. The molecule has 1 rings (SSSR count). The highest BCUT2D eigenvalue weighted by Crippen LogP contribution is 2.10. The number of ether oxygens (including phenoxy) is 1. The molecule has 0 aliphatic rings. The first-order chi connectivity index (χ1) is 5.36. The molecule has 0 radical (unpaired) electrons. The maximum Gasteiger partial charge on any atom is 0.290 e. The second kappa shape index (κ2) is 3.76. The van der Waals surface area contributed by atoms with Gasteiger partial charge in [-0.3, -0.25) is 0 Å². The summed E-state index contributed by atoms with van der Waals surface area (Å²) in [5.74, 6) is 0.812. The van der Waals surface area contributed by atoms with Crippen LogP contribution >= 0.6 is 0 Å². The largest absolute Gasteiger partial charge is 0.510 e. The van der Waals surface area contributed by atoms with Gasteiger partial charge in [0.2, 0.25) is 7.11 Å². The molecule has 2 heteroatoms. The molecule has 0 N–H and O–H groups in total. The lowest BCUT2D eigenvalue weighted by Crippen LogP contribution is -1.86. The van der Waals surface area contributed by atoms with Gasteiger partial charge in [0.1, 0.15) is 0 Å². The van der Waals surface area contributed by atoms with Crippen molar-refractivity contribution in [3.8, 4) is 5.75 Å². The number of carbonyl (C=O) groups excluding carboxylic acids is 1. The molecule has 0 saturated heterocycles. The summed E-state index contributed by atoms with van der Waals surface area (Å²) < 4.78 is 9.73. The summed E-state index contributed by atoms with van der Waals surface area (Å²) >= 11 is 0. The van der Waals surface area contributed by atoms with Crippen molar-refractivity contribution in [2.75, 3.05) is 14.2 Å². The molecule has 0 unspecified atom stereocenters. The minimum Gasteiger partial charge on any atom is -0.510 e. The fraction of sp³-hybridized carbons (Fsp3) is 0.222. The van der Waals surface area contributed by atoms with Crippen LogP contribution in [0.4, 0.5) is 0 Å². The molecule has 0 heterocycles. The van der Waals surface area contributed by atoms with E-state index < -0.39 is 0 Å². The molecule has 0 bridgehead atoms. The predicted molar refractivity (Wildman–Crippen MR) is 43.7 cm³/mol. The van der Waals surface area contributed by atoms with Gasteiger partial charge in [-0.15, -0.1) is 12.1 Å². The van der Waals surface area contributed by atoms with E-state index in [0.717, 1.165) is 11.3 Å². The Morgan fingerprint density at radius 2 is 2.27 bits per heavy atom. The Kier molecular flexibility index (Phi) is 2.66. The van der Waals surface area contributed by atoms with Crippen molar-refractivity contribution in [3.63, 3.8) is 0 Å².